The van der Waals surface area contributed by atoms with Crippen molar-refractivity contribution in [2.75, 3.05) is 13.6 Å². The number of nitrogens with two attached hydrogens (primary N) is 1. The zero-order valence-corrected chi connectivity index (χ0v) is 10.7. The average molecular weight is 248 g/mol. The number of hydrogen-bond donors (Lipinski definition) is 1. The molecular weight excluding hydrogens is 232 g/mol. The van der Waals surface area contributed by atoms with Gasteiger partial charge in [0.15, 0.2) is 0 Å². The van der Waals surface area contributed by atoms with Crippen molar-refractivity contribution in [2.45, 2.75) is 12.8 Å². The molecule has 1 aromatic rings. The molecule has 2 N–H and O–H groups in total. The predicted molar refractivity (Wildman–Crippen MR) is 72.0 cm³/mol. The van der Waals surface area contributed by atoms with Crippen molar-refractivity contribution in [2.24, 2.45) is 11.7 Å². The van der Waals surface area contributed by atoms with Crippen LogP contribution in [0.1, 0.15) is 28.8 Å². The Hall–Kier alpha value is -1.42. The second-order valence-electron chi connectivity index (χ2n) is 4.57. The lowest BCUT2D eigenvalue weighted by atomic mass is 10.1. The second kappa shape index (κ2) is 4.84. The Bertz CT molecular complexity index is 454. The van der Waals surface area contributed by atoms with Crippen LogP contribution in [0.15, 0.2) is 24.3 Å². The Labute approximate surface area is 107 Å². The van der Waals surface area contributed by atoms with Gasteiger partial charge in [-0.2, -0.15) is 0 Å². The van der Waals surface area contributed by atoms with E-state index >= 15 is 0 Å². The van der Waals surface area contributed by atoms with E-state index in [1.54, 1.807) is 17.0 Å². The third kappa shape index (κ3) is 3.03. The first kappa shape index (κ1) is 12.0. The molecule has 0 saturated heterocycles. The number of carbonyl (C=O) groups excluding carboxylic acids is 1. The fourth-order valence-corrected chi connectivity index (χ4v) is 1.92. The summed E-state index contributed by atoms with van der Waals surface area (Å²) in [6.45, 7) is 0.843. The van der Waals surface area contributed by atoms with Gasteiger partial charge in [-0.3, -0.25) is 4.79 Å². The number of amides is 1. The summed E-state index contributed by atoms with van der Waals surface area (Å²) in [5, 5.41) is 0. The van der Waals surface area contributed by atoms with Gasteiger partial charge in [0, 0.05) is 24.7 Å². The highest BCUT2D eigenvalue weighted by molar-refractivity contribution is 7.80. The van der Waals surface area contributed by atoms with Crippen LogP contribution in [0.2, 0.25) is 0 Å². The Morgan fingerprint density at radius 2 is 2.12 bits per heavy atom. The van der Waals surface area contributed by atoms with Crippen LogP contribution in [0, 0.1) is 5.92 Å². The summed E-state index contributed by atoms with van der Waals surface area (Å²) in [4.78, 5) is 14.2. The maximum absolute atomic E-state index is 12.1. The van der Waals surface area contributed by atoms with Gasteiger partial charge in [-0.1, -0.05) is 24.4 Å². The molecule has 0 aliphatic heterocycles. The van der Waals surface area contributed by atoms with Gasteiger partial charge in [0.2, 0.25) is 0 Å². The van der Waals surface area contributed by atoms with Crippen LogP contribution in [0.25, 0.3) is 0 Å². The summed E-state index contributed by atoms with van der Waals surface area (Å²) in [6, 6.07) is 7.19. The van der Waals surface area contributed by atoms with Crippen molar-refractivity contribution < 1.29 is 4.79 Å². The predicted octanol–water partition coefficient (Wildman–Crippen LogP) is 1.80. The molecule has 0 unspecified atom stereocenters. The van der Waals surface area contributed by atoms with Crippen LogP contribution in [0.5, 0.6) is 0 Å². The third-order valence-corrected chi connectivity index (χ3v) is 3.21. The average Bonchev–Trinajstić information content (AvgIpc) is 3.12. The van der Waals surface area contributed by atoms with Crippen molar-refractivity contribution in [1.82, 2.24) is 4.90 Å². The zero-order chi connectivity index (χ0) is 12.4. The van der Waals surface area contributed by atoms with Gasteiger partial charge in [0.25, 0.3) is 5.91 Å². The molecule has 1 aliphatic carbocycles. The molecule has 1 aliphatic rings. The SMILES string of the molecule is CN(CC1CC1)C(=O)c1cccc(C(N)=S)c1. The van der Waals surface area contributed by atoms with Crippen LogP contribution >= 0.6 is 12.2 Å². The number of thiocarbonyl (C=S) groups is 1. The fraction of sp³-hybridized carbons (Fsp3) is 0.385. The molecule has 1 aromatic carbocycles. The summed E-state index contributed by atoms with van der Waals surface area (Å²) in [5.74, 6) is 0.734. The monoisotopic (exact) mass is 248 g/mol. The maximum atomic E-state index is 12.1. The molecule has 0 bridgehead atoms. The smallest absolute Gasteiger partial charge is 0.253 e. The summed E-state index contributed by atoms with van der Waals surface area (Å²) in [7, 11) is 1.84. The molecule has 1 amide bonds. The second-order valence-corrected chi connectivity index (χ2v) is 5.01. The first-order valence-corrected chi connectivity index (χ1v) is 6.14. The summed E-state index contributed by atoms with van der Waals surface area (Å²) in [5.41, 5.74) is 6.95. The highest BCUT2D eigenvalue weighted by atomic mass is 32.1. The van der Waals surface area contributed by atoms with E-state index in [1.165, 1.54) is 12.8 Å². The van der Waals surface area contributed by atoms with E-state index in [0.29, 0.717) is 16.5 Å². The highest BCUT2D eigenvalue weighted by Crippen LogP contribution is 2.29. The first-order valence-electron chi connectivity index (χ1n) is 5.73. The van der Waals surface area contributed by atoms with Gasteiger partial charge in [0.05, 0.1) is 0 Å². The summed E-state index contributed by atoms with van der Waals surface area (Å²) < 4.78 is 0. The number of rotatable bonds is 4. The van der Waals surface area contributed by atoms with Crippen molar-refractivity contribution in [3.63, 3.8) is 0 Å². The topological polar surface area (TPSA) is 46.3 Å². The molecule has 0 atom stereocenters. The number of hydrogen-bond acceptors (Lipinski definition) is 2. The molecule has 4 heteroatoms. The summed E-state index contributed by atoms with van der Waals surface area (Å²) >= 11 is 4.91. The Morgan fingerprint density at radius 1 is 1.47 bits per heavy atom. The van der Waals surface area contributed by atoms with E-state index in [4.69, 9.17) is 18.0 Å². The minimum absolute atomic E-state index is 0.0370. The molecule has 2 rings (SSSR count). The van der Waals surface area contributed by atoms with E-state index in [2.05, 4.69) is 0 Å². The van der Waals surface area contributed by atoms with E-state index in [9.17, 15) is 4.79 Å². The lowest BCUT2D eigenvalue weighted by Crippen LogP contribution is -2.29. The summed E-state index contributed by atoms with van der Waals surface area (Å²) in [6.07, 6.45) is 2.48. The molecule has 0 heterocycles. The Morgan fingerprint density at radius 3 is 2.71 bits per heavy atom. The minimum Gasteiger partial charge on any atom is -0.389 e. The quantitative estimate of drug-likeness (QED) is 0.827. The molecule has 17 heavy (non-hydrogen) atoms. The molecule has 3 nitrogen and oxygen atoms in total. The normalized spacial score (nSPS) is 14.4. The number of nitrogens with zero attached hydrogens (tertiary/aromatic N) is 1. The van der Waals surface area contributed by atoms with E-state index in [0.717, 1.165) is 12.1 Å². The fourth-order valence-electron chi connectivity index (χ4n) is 1.80. The highest BCUT2D eigenvalue weighted by Gasteiger charge is 2.25. The van der Waals surface area contributed by atoms with Gasteiger partial charge >= 0.3 is 0 Å². The minimum atomic E-state index is 0.0370. The largest absolute Gasteiger partial charge is 0.389 e. The van der Waals surface area contributed by atoms with E-state index < -0.39 is 0 Å². The molecule has 0 aromatic heterocycles. The van der Waals surface area contributed by atoms with Crippen LogP contribution in [-0.4, -0.2) is 29.4 Å². The molecule has 1 fully saturated rings. The lowest BCUT2D eigenvalue weighted by molar-refractivity contribution is 0.0788. The standard InChI is InChI=1S/C13H16N2OS/c1-15(8-9-5-6-9)13(16)11-4-2-3-10(7-11)12(14)17/h2-4,7,9H,5-6,8H2,1H3,(H2,14,17). The van der Waals surface area contributed by atoms with E-state index in [-0.39, 0.29) is 5.91 Å². The van der Waals surface area contributed by atoms with Gasteiger partial charge in [-0.15, -0.1) is 0 Å². The van der Waals surface area contributed by atoms with Crippen molar-refractivity contribution in [3.05, 3.63) is 35.4 Å². The Balaban J connectivity index is 2.11. The van der Waals surface area contributed by atoms with Crippen LogP contribution in [0.3, 0.4) is 0 Å². The maximum Gasteiger partial charge on any atom is 0.253 e. The van der Waals surface area contributed by atoms with Crippen molar-refractivity contribution >= 4 is 23.1 Å². The van der Waals surface area contributed by atoms with Crippen LogP contribution in [-0.2, 0) is 0 Å². The molecule has 90 valence electrons. The molecular formula is C13H16N2OS. The molecule has 0 spiro atoms. The van der Waals surface area contributed by atoms with Gasteiger partial charge < -0.3 is 10.6 Å². The van der Waals surface area contributed by atoms with Gasteiger partial charge in [-0.25, -0.2) is 0 Å². The molecule has 0 radical (unpaired) electrons. The first-order chi connectivity index (χ1) is 8.08. The van der Waals surface area contributed by atoms with Gasteiger partial charge in [0.1, 0.15) is 4.99 Å². The van der Waals surface area contributed by atoms with Crippen LogP contribution in [0.4, 0.5) is 0 Å². The van der Waals surface area contributed by atoms with Crippen molar-refractivity contribution in [3.8, 4) is 0 Å². The Kier molecular flexibility index (Phi) is 3.43. The zero-order valence-electron chi connectivity index (χ0n) is 9.85. The number of carbonyl (C=O) groups is 1. The number of benzene rings is 1. The third-order valence-electron chi connectivity index (χ3n) is 2.97. The lowest BCUT2D eigenvalue weighted by Gasteiger charge is -2.17. The van der Waals surface area contributed by atoms with Crippen LogP contribution < -0.4 is 5.73 Å². The van der Waals surface area contributed by atoms with Crippen molar-refractivity contribution in [1.29, 1.82) is 0 Å². The van der Waals surface area contributed by atoms with E-state index in [1.807, 2.05) is 19.2 Å². The van der Waals surface area contributed by atoms with Gasteiger partial charge in [-0.05, 0) is 30.9 Å². The molecule has 1 saturated carbocycles.